The molecule has 0 amide bonds. The number of rotatable bonds is 29. The molecule has 5 heteroatoms. The topological polar surface area (TPSA) is 104 Å². The van der Waals surface area contributed by atoms with Crippen LogP contribution in [0.5, 0.6) is 0 Å². The molecule has 0 bridgehead atoms. The number of hydrogen-bond acceptors (Lipinski definition) is 4. The lowest BCUT2D eigenvalue weighted by Gasteiger charge is -2.11. The molecule has 41 heavy (non-hydrogen) atoms. The molecule has 0 aromatic rings. The van der Waals surface area contributed by atoms with Gasteiger partial charge in [-0.05, 0) is 51.4 Å². The number of unbranched alkanes of at least 4 members (excludes halogenated alkanes) is 19. The summed E-state index contributed by atoms with van der Waals surface area (Å²) < 4.78 is 0. The van der Waals surface area contributed by atoms with Gasteiger partial charge in [-0.3, -0.25) is 4.79 Å². The summed E-state index contributed by atoms with van der Waals surface area (Å²) in [4.78, 5) is 10.3. The van der Waals surface area contributed by atoms with Crippen molar-refractivity contribution >= 4 is 5.97 Å². The number of carboxylic acids is 1. The first-order chi connectivity index (χ1) is 20.0. The maximum Gasteiger partial charge on any atom is 0.303 e. The number of aliphatic hydroxyl groups excluding tert-OH is 2. The monoisotopic (exact) mass is 580 g/mol. The Hall–Kier alpha value is -1.43. The molecule has 0 saturated carbocycles. The van der Waals surface area contributed by atoms with Crippen LogP contribution in [-0.4, -0.2) is 40.0 Å². The van der Waals surface area contributed by atoms with Crippen LogP contribution in [-0.2, 0) is 4.79 Å². The van der Waals surface area contributed by atoms with Crippen LogP contribution in [0.1, 0.15) is 168 Å². The van der Waals surface area contributed by atoms with Gasteiger partial charge in [-0.2, -0.15) is 0 Å². The van der Waals surface area contributed by atoms with Crippen molar-refractivity contribution in [2.45, 2.75) is 180 Å². The van der Waals surface area contributed by atoms with Crippen LogP contribution in [0.2, 0.25) is 0 Å². The third-order valence-electron chi connectivity index (χ3n) is 7.30. The van der Waals surface area contributed by atoms with Crippen LogP contribution in [0.15, 0.2) is 36.5 Å². The molecule has 242 valence electrons. The number of hydrogen-bond donors (Lipinski definition) is 4. The number of carboxylic acid groups (broad SMARTS) is 1. The summed E-state index contributed by atoms with van der Waals surface area (Å²) in [5.74, 6) is -0.671. The zero-order chi connectivity index (χ0) is 30.7. The lowest BCUT2D eigenvalue weighted by atomic mass is 10.0. The predicted molar refractivity (Wildman–Crippen MR) is 178 cm³/mol. The lowest BCUT2D eigenvalue weighted by molar-refractivity contribution is -0.137. The average molecular weight is 580 g/mol. The molecular formula is C36H69NO4. The molecule has 0 aromatic heterocycles. The number of nitrogens with two attached hydrogens (primary N) is 1. The van der Waals surface area contributed by atoms with Crippen molar-refractivity contribution in [3.05, 3.63) is 36.5 Å². The first-order valence-electron chi connectivity index (χ1n) is 17.2. The molecule has 0 aliphatic heterocycles. The second-order valence-electron chi connectivity index (χ2n) is 11.5. The molecule has 0 aliphatic rings. The molecule has 5 N–H and O–H groups in total. The zero-order valence-corrected chi connectivity index (χ0v) is 27.1. The van der Waals surface area contributed by atoms with E-state index >= 15 is 0 Å². The van der Waals surface area contributed by atoms with E-state index in [0.717, 1.165) is 32.1 Å². The predicted octanol–water partition coefficient (Wildman–Crippen LogP) is 9.81. The summed E-state index contributed by atoms with van der Waals surface area (Å²) in [6, 6.07) is -0.557. The number of carbonyl (C=O) groups is 1. The molecule has 0 heterocycles. The fourth-order valence-electron chi connectivity index (χ4n) is 4.50. The van der Waals surface area contributed by atoms with Gasteiger partial charge in [-0.15, -0.1) is 0 Å². The van der Waals surface area contributed by atoms with E-state index in [1.165, 1.54) is 116 Å². The molecule has 0 aromatic carbocycles. The zero-order valence-electron chi connectivity index (χ0n) is 27.1. The summed E-state index contributed by atoms with van der Waals surface area (Å²) >= 11 is 0. The quantitative estimate of drug-likeness (QED) is 0.0521. The molecule has 5 nitrogen and oxygen atoms in total. The Morgan fingerprint density at radius 3 is 1.46 bits per heavy atom. The molecule has 0 spiro atoms. The van der Waals surface area contributed by atoms with E-state index in [1.54, 1.807) is 6.08 Å². The van der Waals surface area contributed by atoms with Crippen LogP contribution in [0.25, 0.3) is 0 Å². The van der Waals surface area contributed by atoms with Crippen LogP contribution in [0, 0.1) is 0 Å². The van der Waals surface area contributed by atoms with Crippen molar-refractivity contribution in [2.24, 2.45) is 5.73 Å². The Morgan fingerprint density at radius 2 is 1.00 bits per heavy atom. The number of aliphatic carboxylic acids is 1. The van der Waals surface area contributed by atoms with E-state index in [9.17, 15) is 9.90 Å². The summed E-state index contributed by atoms with van der Waals surface area (Å²) in [6.45, 7) is 4.32. The largest absolute Gasteiger partial charge is 0.481 e. The van der Waals surface area contributed by atoms with Crippen LogP contribution in [0.3, 0.4) is 0 Å². The summed E-state index contributed by atoms with van der Waals surface area (Å²) in [6.07, 6.45) is 41.1. The van der Waals surface area contributed by atoms with Crippen molar-refractivity contribution in [1.29, 1.82) is 0 Å². The van der Waals surface area contributed by atoms with Gasteiger partial charge in [0.05, 0.1) is 18.8 Å². The first-order valence-corrected chi connectivity index (χ1v) is 17.2. The van der Waals surface area contributed by atoms with E-state index in [1.807, 2.05) is 6.08 Å². The maximum absolute atomic E-state index is 10.3. The third kappa shape index (κ3) is 38.6. The smallest absolute Gasteiger partial charge is 0.303 e. The minimum Gasteiger partial charge on any atom is -0.481 e. The van der Waals surface area contributed by atoms with Crippen molar-refractivity contribution in [3.63, 3.8) is 0 Å². The number of allylic oxidation sites excluding steroid dienone is 5. The summed E-state index contributed by atoms with van der Waals surface area (Å²) in [7, 11) is 0. The van der Waals surface area contributed by atoms with Crippen LogP contribution < -0.4 is 5.73 Å². The van der Waals surface area contributed by atoms with Crippen LogP contribution in [0.4, 0.5) is 0 Å². The van der Waals surface area contributed by atoms with Gasteiger partial charge in [0.1, 0.15) is 0 Å². The standard InChI is InChI=1S/C18H37NO2.C18H32O2/c1-2-3-4-5-6-7-8-9-10-11-12-13-14-15-18(21)17(19)16-20;1-2-3-4-5-6-7-8-9-10-11-12-13-14-15-16-17-18(19)20/h14-15,17-18,20-21H,2-13,16,19H2,1H3;6-7,9-10H,2-5,8,11-17H2,1H3,(H,19,20)/b15-14+;7-6-,10-9-. The molecule has 2 atom stereocenters. The second kappa shape index (κ2) is 36.6. The minimum absolute atomic E-state index is 0.177. The highest BCUT2D eigenvalue weighted by molar-refractivity contribution is 5.66. The summed E-state index contributed by atoms with van der Waals surface area (Å²) in [5, 5.41) is 26.8. The first kappa shape index (κ1) is 41.7. The fraction of sp³-hybridized carbons (Fsp3) is 0.806. The van der Waals surface area contributed by atoms with Crippen molar-refractivity contribution in [3.8, 4) is 0 Å². The molecule has 0 rings (SSSR count). The second-order valence-corrected chi connectivity index (χ2v) is 11.5. The SMILES string of the molecule is CCCCC/C=C\C/C=C\CCCCCCCC(=O)O.CCCCCCCCCCCCC/C=C/C(O)C(N)CO. The van der Waals surface area contributed by atoms with Gasteiger partial charge < -0.3 is 21.1 Å². The van der Waals surface area contributed by atoms with Crippen molar-refractivity contribution < 1.29 is 20.1 Å². The maximum atomic E-state index is 10.3. The van der Waals surface area contributed by atoms with Crippen molar-refractivity contribution in [1.82, 2.24) is 0 Å². The Labute approximate surface area is 254 Å². The Balaban J connectivity index is 0. The number of aliphatic hydroxyl groups is 2. The van der Waals surface area contributed by atoms with E-state index in [2.05, 4.69) is 38.2 Å². The highest BCUT2D eigenvalue weighted by Gasteiger charge is 2.08. The molecule has 0 saturated heterocycles. The lowest BCUT2D eigenvalue weighted by Crippen LogP contribution is -2.36. The normalized spacial score (nSPS) is 13.2. The van der Waals surface area contributed by atoms with Gasteiger partial charge in [0.25, 0.3) is 0 Å². The van der Waals surface area contributed by atoms with Crippen LogP contribution >= 0.6 is 0 Å². The third-order valence-corrected chi connectivity index (χ3v) is 7.30. The fourth-order valence-corrected chi connectivity index (χ4v) is 4.50. The van der Waals surface area contributed by atoms with Crippen molar-refractivity contribution in [2.75, 3.05) is 6.61 Å². The molecule has 0 radical (unpaired) electrons. The van der Waals surface area contributed by atoms with E-state index < -0.39 is 18.1 Å². The average Bonchev–Trinajstić information content (AvgIpc) is 2.97. The Morgan fingerprint density at radius 1 is 0.610 bits per heavy atom. The summed E-state index contributed by atoms with van der Waals surface area (Å²) in [5.41, 5.74) is 5.51. The van der Waals surface area contributed by atoms with Gasteiger partial charge in [0.15, 0.2) is 0 Å². The van der Waals surface area contributed by atoms with E-state index in [-0.39, 0.29) is 6.61 Å². The van der Waals surface area contributed by atoms with Gasteiger partial charge in [-0.25, -0.2) is 0 Å². The highest BCUT2D eigenvalue weighted by atomic mass is 16.4. The Kier molecular flexibility index (Phi) is 37.2. The minimum atomic E-state index is -0.720. The van der Waals surface area contributed by atoms with Gasteiger partial charge in [0.2, 0.25) is 0 Å². The Bertz CT molecular complexity index is 602. The molecule has 0 aliphatic carbocycles. The van der Waals surface area contributed by atoms with Gasteiger partial charge >= 0.3 is 5.97 Å². The van der Waals surface area contributed by atoms with Gasteiger partial charge in [0, 0.05) is 6.42 Å². The molecule has 2 unspecified atom stereocenters. The van der Waals surface area contributed by atoms with E-state index in [4.69, 9.17) is 15.9 Å². The van der Waals surface area contributed by atoms with E-state index in [0.29, 0.717) is 6.42 Å². The molecule has 0 fully saturated rings. The molecular weight excluding hydrogens is 510 g/mol. The highest BCUT2D eigenvalue weighted by Crippen LogP contribution is 2.12. The van der Waals surface area contributed by atoms with Gasteiger partial charge in [-0.1, -0.05) is 147 Å².